The summed E-state index contributed by atoms with van der Waals surface area (Å²) in [6.07, 6.45) is -3.34. The average Bonchev–Trinajstić information content (AvgIpc) is 2.65. The molecule has 0 radical (unpaired) electrons. The first-order chi connectivity index (χ1) is 13.1. The highest BCUT2D eigenvalue weighted by Gasteiger charge is 2.34. The molecule has 0 atom stereocenters. The smallest absolute Gasteiger partial charge is 0.451 e. The van der Waals surface area contributed by atoms with Gasteiger partial charge in [-0.1, -0.05) is 0 Å². The molecule has 1 N–H and O–H groups in total. The number of carbonyl (C=O) groups excluding carboxylic acids is 1. The molecule has 2 aromatic rings. The van der Waals surface area contributed by atoms with E-state index in [1.54, 1.807) is 18.2 Å². The number of carbonyl (C=O) groups is 2. The lowest BCUT2D eigenvalue weighted by Crippen LogP contribution is -2.35. The standard InChI is InChI=1S/C17H16F3N3O5/c1-27-12-3-10(4-13(5-12)28-2)8-23(9-14(24)25)15(26)11-6-21-16(22-7-11)17(18,19)20/h3-7H,8-9H2,1-2H3,(H,24,25). The normalized spacial score (nSPS) is 11.0. The van der Waals surface area contributed by atoms with E-state index in [-0.39, 0.29) is 12.1 Å². The Kier molecular flexibility index (Phi) is 6.39. The third-order valence-corrected chi connectivity index (χ3v) is 3.55. The maximum absolute atomic E-state index is 12.6. The lowest BCUT2D eigenvalue weighted by atomic mass is 10.1. The predicted molar refractivity (Wildman–Crippen MR) is 89.0 cm³/mol. The molecule has 1 aromatic carbocycles. The molecule has 0 aliphatic heterocycles. The number of rotatable bonds is 7. The van der Waals surface area contributed by atoms with Crippen LogP contribution < -0.4 is 9.47 Å². The minimum Gasteiger partial charge on any atom is -0.497 e. The fraction of sp³-hybridized carbons (Fsp3) is 0.294. The van der Waals surface area contributed by atoms with E-state index in [1.807, 2.05) is 0 Å². The first-order valence-electron chi connectivity index (χ1n) is 7.76. The number of aromatic nitrogens is 2. The van der Waals surface area contributed by atoms with Gasteiger partial charge in [-0.25, -0.2) is 9.97 Å². The van der Waals surface area contributed by atoms with Gasteiger partial charge in [0.2, 0.25) is 5.82 Å². The summed E-state index contributed by atoms with van der Waals surface area (Å²) >= 11 is 0. The van der Waals surface area contributed by atoms with E-state index in [0.29, 0.717) is 29.5 Å². The number of ether oxygens (including phenoxy) is 2. The molecule has 11 heteroatoms. The van der Waals surface area contributed by atoms with Crippen LogP contribution in [0.5, 0.6) is 11.5 Å². The number of carboxylic acid groups (broad SMARTS) is 1. The molecule has 0 aliphatic rings. The molecule has 1 amide bonds. The second-order valence-corrected chi connectivity index (χ2v) is 5.57. The minimum absolute atomic E-state index is 0.153. The summed E-state index contributed by atoms with van der Waals surface area (Å²) in [4.78, 5) is 30.9. The molecular formula is C17H16F3N3O5. The lowest BCUT2D eigenvalue weighted by molar-refractivity contribution is -0.145. The Morgan fingerprint density at radius 2 is 1.61 bits per heavy atom. The second kappa shape index (κ2) is 8.55. The summed E-state index contributed by atoms with van der Waals surface area (Å²) in [5.41, 5.74) is 0.225. The molecule has 0 bridgehead atoms. The van der Waals surface area contributed by atoms with Gasteiger partial charge in [-0.3, -0.25) is 9.59 Å². The number of methoxy groups -OCH3 is 2. The van der Waals surface area contributed by atoms with Crippen molar-refractivity contribution in [1.29, 1.82) is 0 Å². The molecule has 0 fully saturated rings. The quantitative estimate of drug-likeness (QED) is 0.762. The van der Waals surface area contributed by atoms with Crippen LogP contribution in [-0.4, -0.2) is 52.6 Å². The molecule has 0 spiro atoms. The minimum atomic E-state index is -4.75. The van der Waals surface area contributed by atoms with Gasteiger partial charge in [0.1, 0.15) is 18.0 Å². The predicted octanol–water partition coefficient (Wildman–Crippen LogP) is 2.24. The van der Waals surface area contributed by atoms with Crippen LogP contribution in [0, 0.1) is 0 Å². The zero-order valence-corrected chi connectivity index (χ0v) is 14.9. The van der Waals surface area contributed by atoms with E-state index in [9.17, 15) is 22.8 Å². The van der Waals surface area contributed by atoms with Gasteiger partial charge in [-0.15, -0.1) is 0 Å². The van der Waals surface area contributed by atoms with Gasteiger partial charge in [0.05, 0.1) is 19.8 Å². The molecule has 0 aliphatic carbocycles. The molecule has 1 aromatic heterocycles. The van der Waals surface area contributed by atoms with Crippen molar-refractivity contribution in [2.45, 2.75) is 12.7 Å². The molecule has 0 unspecified atom stereocenters. The fourth-order valence-corrected chi connectivity index (χ4v) is 2.31. The largest absolute Gasteiger partial charge is 0.497 e. The van der Waals surface area contributed by atoms with Crippen LogP contribution in [0.3, 0.4) is 0 Å². The van der Waals surface area contributed by atoms with Gasteiger partial charge in [-0.2, -0.15) is 13.2 Å². The summed E-state index contributed by atoms with van der Waals surface area (Å²) < 4.78 is 47.9. The van der Waals surface area contributed by atoms with Crippen LogP contribution in [-0.2, 0) is 17.5 Å². The molecule has 8 nitrogen and oxygen atoms in total. The Morgan fingerprint density at radius 1 is 1.07 bits per heavy atom. The Hall–Kier alpha value is -3.37. The van der Waals surface area contributed by atoms with Gasteiger partial charge in [-0.05, 0) is 17.7 Å². The number of carboxylic acids is 1. The molecule has 28 heavy (non-hydrogen) atoms. The number of halogens is 3. The van der Waals surface area contributed by atoms with Crippen LogP contribution in [0.25, 0.3) is 0 Å². The van der Waals surface area contributed by atoms with Gasteiger partial charge in [0, 0.05) is 25.0 Å². The van der Waals surface area contributed by atoms with Gasteiger partial charge in [0.25, 0.3) is 5.91 Å². The van der Waals surface area contributed by atoms with E-state index in [1.165, 1.54) is 14.2 Å². The van der Waals surface area contributed by atoms with Crippen LogP contribution in [0.4, 0.5) is 13.2 Å². The zero-order valence-electron chi connectivity index (χ0n) is 14.9. The van der Waals surface area contributed by atoms with Crippen molar-refractivity contribution in [3.63, 3.8) is 0 Å². The van der Waals surface area contributed by atoms with Gasteiger partial charge >= 0.3 is 12.1 Å². The zero-order chi connectivity index (χ0) is 20.9. The van der Waals surface area contributed by atoms with Crippen molar-refractivity contribution in [3.05, 3.63) is 47.5 Å². The molecule has 1 heterocycles. The Morgan fingerprint density at radius 3 is 2.04 bits per heavy atom. The van der Waals surface area contributed by atoms with Crippen LogP contribution >= 0.6 is 0 Å². The number of benzene rings is 1. The van der Waals surface area contributed by atoms with E-state index in [4.69, 9.17) is 14.6 Å². The number of amides is 1. The van der Waals surface area contributed by atoms with E-state index >= 15 is 0 Å². The molecule has 0 saturated heterocycles. The number of aliphatic carboxylic acids is 1. The van der Waals surface area contributed by atoms with Gasteiger partial charge in [0.15, 0.2) is 0 Å². The lowest BCUT2D eigenvalue weighted by Gasteiger charge is -2.21. The maximum Gasteiger partial charge on any atom is 0.451 e. The highest BCUT2D eigenvalue weighted by atomic mass is 19.4. The summed E-state index contributed by atoms with van der Waals surface area (Å²) in [6, 6.07) is 4.75. The first-order valence-corrected chi connectivity index (χ1v) is 7.76. The third-order valence-electron chi connectivity index (χ3n) is 3.55. The average molecular weight is 399 g/mol. The summed E-state index contributed by atoms with van der Waals surface area (Å²) in [5, 5.41) is 9.09. The van der Waals surface area contributed by atoms with Crippen molar-refractivity contribution in [3.8, 4) is 11.5 Å². The second-order valence-electron chi connectivity index (χ2n) is 5.57. The van der Waals surface area contributed by atoms with Crippen molar-refractivity contribution in [1.82, 2.24) is 14.9 Å². The number of alkyl halides is 3. The summed E-state index contributed by atoms with van der Waals surface area (Å²) in [7, 11) is 2.86. The van der Waals surface area contributed by atoms with Crippen LogP contribution in [0.2, 0.25) is 0 Å². The van der Waals surface area contributed by atoms with E-state index < -0.39 is 30.4 Å². The van der Waals surface area contributed by atoms with Crippen molar-refractivity contribution in [2.75, 3.05) is 20.8 Å². The molecule has 2 rings (SSSR count). The monoisotopic (exact) mass is 399 g/mol. The van der Waals surface area contributed by atoms with E-state index in [0.717, 1.165) is 4.90 Å². The molecule has 0 saturated carbocycles. The van der Waals surface area contributed by atoms with Crippen molar-refractivity contribution >= 4 is 11.9 Å². The van der Waals surface area contributed by atoms with Crippen molar-refractivity contribution < 1.29 is 37.3 Å². The number of nitrogens with zero attached hydrogens (tertiary/aromatic N) is 3. The highest BCUT2D eigenvalue weighted by Crippen LogP contribution is 2.26. The van der Waals surface area contributed by atoms with Crippen LogP contribution in [0.15, 0.2) is 30.6 Å². The number of hydrogen-bond acceptors (Lipinski definition) is 6. The highest BCUT2D eigenvalue weighted by molar-refractivity contribution is 5.95. The maximum atomic E-state index is 12.6. The summed E-state index contributed by atoms with van der Waals surface area (Å²) in [6.45, 7) is -0.834. The van der Waals surface area contributed by atoms with Gasteiger partial charge < -0.3 is 19.5 Å². The van der Waals surface area contributed by atoms with Crippen molar-refractivity contribution in [2.24, 2.45) is 0 Å². The molecule has 150 valence electrons. The topological polar surface area (TPSA) is 102 Å². The third kappa shape index (κ3) is 5.32. The molecular weight excluding hydrogens is 383 g/mol. The fourth-order valence-electron chi connectivity index (χ4n) is 2.31. The number of hydrogen-bond donors (Lipinski definition) is 1. The Balaban J connectivity index is 2.30. The Labute approximate surface area is 157 Å². The summed E-state index contributed by atoms with van der Waals surface area (Å²) in [5.74, 6) is -2.68. The van der Waals surface area contributed by atoms with E-state index in [2.05, 4.69) is 9.97 Å². The first kappa shape index (κ1) is 20.9. The SMILES string of the molecule is COc1cc(CN(CC(=O)O)C(=O)c2cnc(C(F)(F)F)nc2)cc(OC)c1. The van der Waals surface area contributed by atoms with Crippen LogP contribution in [0.1, 0.15) is 21.7 Å². The Bertz CT molecular complexity index is 834.